The van der Waals surface area contributed by atoms with Gasteiger partial charge < -0.3 is 14.8 Å². The standard InChI is InChI=1S/C27H24N2O3/c1-17-11-12-19(13-18(17)2)24-14-22(21-7-3-4-8-23(21)29-24)27(30)28-15-20-16-31-25-9-5-6-10-26(25)32-20/h3-14,20H,15-16H2,1-2H3,(H,28,30)/t20-/m1/s1. The van der Waals surface area contributed by atoms with E-state index in [1.165, 1.54) is 11.1 Å². The molecule has 1 aliphatic rings. The van der Waals surface area contributed by atoms with Crippen LogP contribution in [0.25, 0.3) is 22.2 Å². The van der Waals surface area contributed by atoms with Crippen LogP contribution >= 0.6 is 0 Å². The lowest BCUT2D eigenvalue weighted by atomic mass is 10.0. The molecule has 1 N–H and O–H groups in total. The van der Waals surface area contributed by atoms with Crippen molar-refractivity contribution in [1.29, 1.82) is 0 Å². The minimum atomic E-state index is -0.249. The molecule has 1 aromatic heterocycles. The highest BCUT2D eigenvalue weighted by Gasteiger charge is 2.22. The van der Waals surface area contributed by atoms with Crippen molar-refractivity contribution in [3.63, 3.8) is 0 Å². The summed E-state index contributed by atoms with van der Waals surface area (Å²) in [6.07, 6.45) is -0.249. The molecule has 0 radical (unpaired) electrons. The highest BCUT2D eigenvalue weighted by molar-refractivity contribution is 6.07. The summed E-state index contributed by atoms with van der Waals surface area (Å²) in [5.41, 5.74) is 5.58. The third kappa shape index (κ3) is 3.89. The van der Waals surface area contributed by atoms with Crippen LogP contribution in [0.3, 0.4) is 0 Å². The summed E-state index contributed by atoms with van der Waals surface area (Å²) < 4.78 is 11.7. The Morgan fingerprint density at radius 1 is 0.969 bits per heavy atom. The molecule has 32 heavy (non-hydrogen) atoms. The van der Waals surface area contributed by atoms with Crippen molar-refractivity contribution < 1.29 is 14.3 Å². The van der Waals surface area contributed by atoms with E-state index in [0.29, 0.717) is 24.5 Å². The summed E-state index contributed by atoms with van der Waals surface area (Å²) >= 11 is 0. The van der Waals surface area contributed by atoms with Crippen molar-refractivity contribution in [2.45, 2.75) is 20.0 Å². The first kappa shape index (κ1) is 20.1. The Morgan fingerprint density at radius 3 is 2.59 bits per heavy atom. The number of carbonyl (C=O) groups excluding carboxylic acids is 1. The van der Waals surface area contributed by atoms with Gasteiger partial charge >= 0.3 is 0 Å². The second kappa shape index (κ2) is 8.35. The third-order valence-corrected chi connectivity index (χ3v) is 5.82. The minimum Gasteiger partial charge on any atom is -0.486 e. The molecule has 4 aromatic rings. The molecule has 2 heterocycles. The average molecular weight is 425 g/mol. The van der Waals surface area contributed by atoms with Gasteiger partial charge in [0.1, 0.15) is 12.7 Å². The van der Waals surface area contributed by atoms with Crippen molar-refractivity contribution >= 4 is 16.8 Å². The number of aromatic nitrogens is 1. The highest BCUT2D eigenvalue weighted by Crippen LogP contribution is 2.31. The van der Waals surface area contributed by atoms with Crippen LogP contribution in [-0.2, 0) is 0 Å². The molecular weight excluding hydrogens is 400 g/mol. The van der Waals surface area contributed by atoms with Crippen molar-refractivity contribution in [1.82, 2.24) is 10.3 Å². The predicted octanol–water partition coefficient (Wildman–Crippen LogP) is 5.09. The monoisotopic (exact) mass is 424 g/mol. The van der Waals surface area contributed by atoms with Crippen LogP contribution in [0.2, 0.25) is 0 Å². The maximum absolute atomic E-state index is 13.2. The van der Waals surface area contributed by atoms with E-state index in [1.54, 1.807) is 0 Å². The van der Waals surface area contributed by atoms with E-state index in [1.807, 2.05) is 60.7 Å². The number of amides is 1. The second-order valence-electron chi connectivity index (χ2n) is 8.08. The van der Waals surface area contributed by atoms with Crippen LogP contribution in [0.15, 0.2) is 72.8 Å². The van der Waals surface area contributed by atoms with E-state index in [4.69, 9.17) is 14.5 Å². The Morgan fingerprint density at radius 2 is 1.75 bits per heavy atom. The number of pyridine rings is 1. The summed E-state index contributed by atoms with van der Waals surface area (Å²) in [6.45, 7) is 4.91. The molecule has 0 bridgehead atoms. The van der Waals surface area contributed by atoms with Crippen LogP contribution in [0.5, 0.6) is 11.5 Å². The summed E-state index contributed by atoms with van der Waals surface area (Å²) in [5.74, 6) is 1.27. The quantitative estimate of drug-likeness (QED) is 0.496. The average Bonchev–Trinajstić information content (AvgIpc) is 2.83. The first-order chi connectivity index (χ1) is 15.6. The molecule has 0 saturated heterocycles. The Balaban J connectivity index is 1.41. The van der Waals surface area contributed by atoms with E-state index >= 15 is 0 Å². The lowest BCUT2D eigenvalue weighted by Crippen LogP contribution is -2.40. The zero-order chi connectivity index (χ0) is 22.1. The summed E-state index contributed by atoms with van der Waals surface area (Å²) in [7, 11) is 0. The number of benzene rings is 3. The fourth-order valence-corrected chi connectivity index (χ4v) is 3.88. The zero-order valence-electron chi connectivity index (χ0n) is 18.1. The lowest BCUT2D eigenvalue weighted by molar-refractivity contribution is 0.0790. The van der Waals surface area contributed by atoms with Gasteiger partial charge in [0.25, 0.3) is 5.91 Å². The second-order valence-corrected chi connectivity index (χ2v) is 8.08. The summed E-state index contributed by atoms with van der Waals surface area (Å²) in [5, 5.41) is 3.84. The molecular formula is C27H24N2O3. The summed E-state index contributed by atoms with van der Waals surface area (Å²) in [4.78, 5) is 18.0. The first-order valence-corrected chi connectivity index (χ1v) is 10.7. The minimum absolute atomic E-state index is 0.156. The molecule has 1 amide bonds. The molecule has 0 saturated carbocycles. The molecule has 5 rings (SSSR count). The van der Waals surface area contributed by atoms with Gasteiger partial charge in [-0.1, -0.05) is 42.5 Å². The molecule has 0 aliphatic carbocycles. The van der Waals surface area contributed by atoms with E-state index < -0.39 is 0 Å². The largest absolute Gasteiger partial charge is 0.486 e. The smallest absolute Gasteiger partial charge is 0.252 e. The van der Waals surface area contributed by atoms with Gasteiger partial charge in [-0.25, -0.2) is 4.98 Å². The topological polar surface area (TPSA) is 60.5 Å². The predicted molar refractivity (Wildman–Crippen MR) is 125 cm³/mol. The van der Waals surface area contributed by atoms with Gasteiger partial charge in [0.15, 0.2) is 11.5 Å². The van der Waals surface area contributed by atoms with Gasteiger partial charge in [-0.05, 0) is 55.3 Å². The number of aryl methyl sites for hydroxylation is 2. The number of para-hydroxylation sites is 3. The number of rotatable bonds is 4. The SMILES string of the molecule is Cc1ccc(-c2cc(C(=O)NC[C@@H]3COc4ccccc4O3)c3ccccc3n2)cc1C. The van der Waals surface area contributed by atoms with Crippen molar-refractivity contribution in [3.8, 4) is 22.8 Å². The molecule has 0 spiro atoms. The molecule has 1 atom stereocenters. The number of fused-ring (bicyclic) bond motifs is 2. The number of hydrogen-bond donors (Lipinski definition) is 1. The Labute approximate surface area is 187 Å². The lowest BCUT2D eigenvalue weighted by Gasteiger charge is -2.26. The number of hydrogen-bond acceptors (Lipinski definition) is 4. The summed E-state index contributed by atoms with van der Waals surface area (Å²) in [6, 6.07) is 23.4. The van der Waals surface area contributed by atoms with Crippen LogP contribution in [-0.4, -0.2) is 30.1 Å². The van der Waals surface area contributed by atoms with Crippen molar-refractivity contribution in [3.05, 3.63) is 89.5 Å². The molecule has 5 nitrogen and oxygen atoms in total. The van der Waals surface area contributed by atoms with E-state index in [2.05, 4.69) is 31.3 Å². The molecule has 0 unspecified atom stereocenters. The molecule has 1 aliphatic heterocycles. The Bertz CT molecular complexity index is 1320. The molecule has 3 aromatic carbocycles. The first-order valence-electron chi connectivity index (χ1n) is 10.7. The molecule has 0 fully saturated rings. The van der Waals surface area contributed by atoms with Crippen LogP contribution in [0.1, 0.15) is 21.5 Å². The van der Waals surface area contributed by atoms with Crippen LogP contribution in [0.4, 0.5) is 0 Å². The van der Waals surface area contributed by atoms with Crippen LogP contribution < -0.4 is 14.8 Å². The fourth-order valence-electron chi connectivity index (χ4n) is 3.88. The van der Waals surface area contributed by atoms with Crippen molar-refractivity contribution in [2.75, 3.05) is 13.2 Å². The fraction of sp³-hybridized carbons (Fsp3) is 0.185. The van der Waals surface area contributed by atoms with Gasteiger partial charge in [0, 0.05) is 10.9 Å². The van der Waals surface area contributed by atoms with Gasteiger partial charge in [0.2, 0.25) is 0 Å². The van der Waals surface area contributed by atoms with Crippen molar-refractivity contribution in [2.24, 2.45) is 0 Å². The maximum atomic E-state index is 13.2. The van der Waals surface area contributed by atoms with Gasteiger partial charge in [-0.3, -0.25) is 4.79 Å². The third-order valence-electron chi connectivity index (χ3n) is 5.82. The van der Waals surface area contributed by atoms with E-state index in [0.717, 1.165) is 27.9 Å². The van der Waals surface area contributed by atoms with Crippen LogP contribution in [0, 0.1) is 13.8 Å². The zero-order valence-corrected chi connectivity index (χ0v) is 18.1. The Kier molecular flexibility index (Phi) is 5.23. The molecule has 160 valence electrons. The number of carbonyl (C=O) groups is 1. The van der Waals surface area contributed by atoms with Gasteiger partial charge in [-0.2, -0.15) is 0 Å². The number of nitrogens with zero attached hydrogens (tertiary/aromatic N) is 1. The molecule has 5 heteroatoms. The van der Waals surface area contributed by atoms with Gasteiger partial charge in [0.05, 0.1) is 23.3 Å². The van der Waals surface area contributed by atoms with E-state index in [9.17, 15) is 4.79 Å². The van der Waals surface area contributed by atoms with Gasteiger partial charge in [-0.15, -0.1) is 0 Å². The maximum Gasteiger partial charge on any atom is 0.252 e. The van der Waals surface area contributed by atoms with E-state index in [-0.39, 0.29) is 12.0 Å². The number of nitrogens with one attached hydrogen (secondary N) is 1. The number of ether oxygens (including phenoxy) is 2. The normalized spacial score (nSPS) is 14.9. The Hall–Kier alpha value is -3.86. The highest BCUT2D eigenvalue weighted by atomic mass is 16.6.